The molecule has 1 aromatic heterocycles. The van der Waals surface area contributed by atoms with Crippen LogP contribution in [0, 0.1) is 5.41 Å². The molecule has 0 aliphatic carbocycles. The van der Waals surface area contributed by atoms with Crippen molar-refractivity contribution in [3.05, 3.63) is 77.6 Å². The minimum atomic E-state index is -4.51. The van der Waals surface area contributed by atoms with Crippen LogP contribution < -0.4 is 25.4 Å². The molecule has 4 aliphatic rings. The SMILES string of the molecule is C=C1NCC(C)(C)CNCCCOc2ccc(cc2)CNc2nc(nc(OCC(F)(F)F)n2)Cc2ccc1cc2. The van der Waals surface area contributed by atoms with Gasteiger partial charge in [-0.15, -0.1) is 0 Å². The molecule has 3 N–H and O–H groups in total. The largest absolute Gasteiger partial charge is 0.494 e. The maximum absolute atomic E-state index is 12.8. The molecule has 6 bridgehead atoms. The zero-order chi connectivity index (χ0) is 28.6. The summed E-state index contributed by atoms with van der Waals surface area (Å²) in [7, 11) is 0. The van der Waals surface area contributed by atoms with Gasteiger partial charge in [-0.1, -0.05) is 56.8 Å². The molecule has 0 saturated heterocycles. The molecular formula is C29H35F3N6O2. The van der Waals surface area contributed by atoms with Gasteiger partial charge in [0.15, 0.2) is 6.61 Å². The first-order valence-electron chi connectivity index (χ1n) is 13.2. The van der Waals surface area contributed by atoms with Crippen molar-refractivity contribution in [1.82, 2.24) is 25.6 Å². The number of hydrogen-bond acceptors (Lipinski definition) is 8. The quantitative estimate of drug-likeness (QED) is 0.407. The lowest BCUT2D eigenvalue weighted by molar-refractivity contribution is -0.154. The Morgan fingerprint density at radius 1 is 0.950 bits per heavy atom. The van der Waals surface area contributed by atoms with Gasteiger partial charge < -0.3 is 25.4 Å². The molecule has 0 spiro atoms. The monoisotopic (exact) mass is 556 g/mol. The smallest absolute Gasteiger partial charge is 0.422 e. The highest BCUT2D eigenvalue weighted by Crippen LogP contribution is 2.20. The predicted octanol–water partition coefficient (Wildman–Crippen LogP) is 4.97. The summed E-state index contributed by atoms with van der Waals surface area (Å²) in [5, 5.41) is 10.0. The van der Waals surface area contributed by atoms with Crippen molar-refractivity contribution < 1.29 is 22.6 Å². The molecule has 214 valence electrons. The summed E-state index contributed by atoms with van der Waals surface area (Å²) in [4.78, 5) is 12.6. The topological polar surface area (TPSA) is 93.2 Å². The molecule has 7 rings (SSSR count). The third-order valence-electron chi connectivity index (χ3n) is 6.22. The van der Waals surface area contributed by atoms with Gasteiger partial charge in [-0.2, -0.15) is 28.1 Å². The van der Waals surface area contributed by atoms with Crippen LogP contribution in [0.3, 0.4) is 0 Å². The molecule has 3 aromatic rings. The molecule has 0 radical (unpaired) electrons. The summed E-state index contributed by atoms with van der Waals surface area (Å²) in [6, 6.07) is 14.9. The summed E-state index contributed by atoms with van der Waals surface area (Å²) >= 11 is 0. The first kappa shape index (κ1) is 29.1. The number of rotatable bonds is 2. The van der Waals surface area contributed by atoms with Crippen LogP contribution in [0.4, 0.5) is 19.1 Å². The van der Waals surface area contributed by atoms with Crippen LogP contribution in [0.2, 0.25) is 0 Å². The third-order valence-corrected chi connectivity index (χ3v) is 6.22. The molecule has 40 heavy (non-hydrogen) atoms. The lowest BCUT2D eigenvalue weighted by Crippen LogP contribution is -2.38. The molecule has 0 unspecified atom stereocenters. The van der Waals surface area contributed by atoms with Gasteiger partial charge in [-0.3, -0.25) is 0 Å². The first-order valence-corrected chi connectivity index (χ1v) is 13.2. The van der Waals surface area contributed by atoms with E-state index in [2.05, 4.69) is 51.3 Å². The van der Waals surface area contributed by atoms with Crippen molar-refractivity contribution in [2.75, 3.05) is 38.2 Å². The fourth-order valence-electron chi connectivity index (χ4n) is 3.98. The molecule has 0 atom stereocenters. The van der Waals surface area contributed by atoms with Crippen LogP contribution in [0.1, 0.15) is 42.8 Å². The van der Waals surface area contributed by atoms with Gasteiger partial charge in [0.25, 0.3) is 0 Å². The second-order valence-electron chi connectivity index (χ2n) is 10.5. The van der Waals surface area contributed by atoms with Crippen molar-refractivity contribution in [3.8, 4) is 11.8 Å². The van der Waals surface area contributed by atoms with E-state index in [4.69, 9.17) is 9.47 Å². The first-order chi connectivity index (χ1) is 19.0. The fourth-order valence-corrected chi connectivity index (χ4v) is 3.98. The van der Waals surface area contributed by atoms with Gasteiger partial charge in [-0.05, 0) is 47.2 Å². The number of nitrogens with zero attached hydrogens (tertiary/aromatic N) is 3. The average molecular weight is 557 g/mol. The second-order valence-corrected chi connectivity index (χ2v) is 10.5. The van der Waals surface area contributed by atoms with Crippen LogP contribution in [0.5, 0.6) is 11.8 Å². The summed E-state index contributed by atoms with van der Waals surface area (Å²) < 4.78 is 49.0. The van der Waals surface area contributed by atoms with Gasteiger partial charge in [0.1, 0.15) is 11.6 Å². The summed E-state index contributed by atoms with van der Waals surface area (Å²) in [5.74, 6) is 1.17. The Morgan fingerprint density at radius 2 is 1.68 bits per heavy atom. The number of ether oxygens (including phenoxy) is 2. The van der Waals surface area contributed by atoms with Crippen LogP contribution in [0.25, 0.3) is 5.70 Å². The summed E-state index contributed by atoms with van der Waals surface area (Å²) in [6.07, 6.45) is -3.36. The van der Waals surface area contributed by atoms with E-state index in [1.807, 2.05) is 48.5 Å². The minimum Gasteiger partial charge on any atom is -0.494 e. The zero-order valence-electron chi connectivity index (χ0n) is 22.8. The van der Waals surface area contributed by atoms with E-state index in [0.29, 0.717) is 13.2 Å². The number of alkyl halides is 3. The maximum Gasteiger partial charge on any atom is 0.422 e. The molecular weight excluding hydrogens is 521 g/mol. The number of nitrogens with one attached hydrogen (secondary N) is 3. The van der Waals surface area contributed by atoms with Gasteiger partial charge in [0.05, 0.1) is 6.61 Å². The minimum absolute atomic E-state index is 0.00362. The Labute approximate surface area is 232 Å². The van der Waals surface area contributed by atoms with E-state index in [9.17, 15) is 13.2 Å². The van der Waals surface area contributed by atoms with E-state index in [-0.39, 0.29) is 29.6 Å². The zero-order valence-corrected chi connectivity index (χ0v) is 22.8. The maximum atomic E-state index is 12.8. The Morgan fingerprint density at radius 3 is 2.40 bits per heavy atom. The van der Waals surface area contributed by atoms with Gasteiger partial charge in [-0.25, -0.2) is 0 Å². The molecule has 11 heteroatoms. The van der Waals surface area contributed by atoms with Crippen LogP contribution in [0.15, 0.2) is 55.1 Å². The van der Waals surface area contributed by atoms with Gasteiger partial charge in [0.2, 0.25) is 5.95 Å². The number of halogens is 3. The van der Waals surface area contributed by atoms with Gasteiger partial charge in [0, 0.05) is 31.8 Å². The van der Waals surface area contributed by atoms with Crippen molar-refractivity contribution >= 4 is 11.6 Å². The van der Waals surface area contributed by atoms with Crippen molar-refractivity contribution in [3.63, 3.8) is 0 Å². The number of anilines is 1. The van der Waals surface area contributed by atoms with E-state index in [1.165, 1.54) is 0 Å². The highest BCUT2D eigenvalue weighted by atomic mass is 19.4. The number of aromatic nitrogens is 3. The Bertz CT molecular complexity index is 1260. The van der Waals surface area contributed by atoms with Crippen LogP contribution in [-0.2, 0) is 13.0 Å². The molecule has 5 heterocycles. The molecule has 2 aromatic carbocycles. The predicted molar refractivity (Wildman–Crippen MR) is 148 cm³/mol. The second kappa shape index (κ2) is 13.0. The normalized spacial score (nSPS) is 16.8. The lowest BCUT2D eigenvalue weighted by atomic mass is 9.93. The molecule has 4 aliphatic heterocycles. The van der Waals surface area contributed by atoms with E-state index >= 15 is 0 Å². The fraction of sp³-hybridized carbons (Fsp3) is 0.414. The van der Waals surface area contributed by atoms with Crippen molar-refractivity contribution in [2.24, 2.45) is 5.41 Å². The summed E-state index contributed by atoms with van der Waals surface area (Å²) in [5.41, 5.74) is 3.56. The highest BCUT2D eigenvalue weighted by Gasteiger charge is 2.29. The van der Waals surface area contributed by atoms with Crippen LogP contribution >= 0.6 is 0 Å². The Balaban J connectivity index is 1.56. The van der Waals surface area contributed by atoms with Crippen molar-refractivity contribution in [1.29, 1.82) is 0 Å². The molecule has 0 amide bonds. The van der Waals surface area contributed by atoms with Gasteiger partial charge >= 0.3 is 12.2 Å². The number of benzene rings is 2. The Hall–Kier alpha value is -3.86. The van der Waals surface area contributed by atoms with E-state index in [0.717, 1.165) is 54.2 Å². The van der Waals surface area contributed by atoms with Crippen LogP contribution in [-0.4, -0.2) is 54.0 Å². The number of hydrogen-bond donors (Lipinski definition) is 3. The Kier molecular flexibility index (Phi) is 9.46. The summed E-state index contributed by atoms with van der Waals surface area (Å²) in [6.45, 7) is 10.4. The highest BCUT2D eigenvalue weighted by molar-refractivity contribution is 5.61. The van der Waals surface area contributed by atoms with E-state index in [1.54, 1.807) is 0 Å². The standard InChI is InChI=1S/C29H35F3N6O2/c1-20-23-9-5-21(6-10-23)15-25-36-26(38-27(37-25)40-19-29(30,31)32)34-16-22-7-11-24(12-8-22)39-14-4-13-33-17-28(2,3)18-35-20/h5-12,33,35H,1,4,13-19H2,2-3H3,(H,34,36,37,38). The molecule has 0 saturated carbocycles. The third kappa shape index (κ3) is 9.41. The molecule has 8 nitrogen and oxygen atoms in total. The lowest BCUT2D eigenvalue weighted by Gasteiger charge is -2.27. The van der Waals surface area contributed by atoms with E-state index < -0.39 is 12.8 Å². The molecule has 0 fully saturated rings. The average Bonchev–Trinajstić information content (AvgIpc) is 2.91. The van der Waals surface area contributed by atoms with Crippen molar-refractivity contribution in [2.45, 2.75) is 39.4 Å².